The fourth-order valence-electron chi connectivity index (χ4n) is 1.93. The van der Waals surface area contributed by atoms with Crippen molar-refractivity contribution >= 4 is 28.2 Å². The number of carboxylic acid groups (broad SMARTS) is 1. The Balaban J connectivity index is 2.48. The van der Waals surface area contributed by atoms with Gasteiger partial charge in [-0.1, -0.05) is 22.9 Å². The lowest BCUT2D eigenvalue weighted by Crippen LogP contribution is -2.20. The molecule has 1 unspecified atom stereocenters. The van der Waals surface area contributed by atoms with E-state index in [0.29, 0.717) is 47.5 Å². The molecule has 2 rings (SSSR count). The van der Waals surface area contributed by atoms with Crippen LogP contribution in [0.1, 0.15) is 22.8 Å². The van der Waals surface area contributed by atoms with Crippen molar-refractivity contribution in [1.82, 2.24) is 0 Å². The molecular formula is C13H13BrO5. The Morgan fingerprint density at radius 3 is 2.68 bits per heavy atom. The summed E-state index contributed by atoms with van der Waals surface area (Å²) in [5, 5.41) is 9.00. The van der Waals surface area contributed by atoms with Crippen LogP contribution in [0.15, 0.2) is 10.5 Å². The maximum Gasteiger partial charge on any atom is 0.306 e. The highest BCUT2D eigenvalue weighted by molar-refractivity contribution is 9.10. The normalized spacial score (nSPS) is 14.8. The number of halogens is 1. The molecule has 0 bridgehead atoms. The second kappa shape index (κ2) is 5.61. The van der Waals surface area contributed by atoms with Gasteiger partial charge in [0.05, 0.1) is 11.5 Å². The van der Waals surface area contributed by atoms with Gasteiger partial charge in [-0.25, -0.2) is 0 Å². The summed E-state index contributed by atoms with van der Waals surface area (Å²) in [5.41, 5.74) is 1.11. The average Bonchev–Trinajstić information content (AvgIpc) is 2.41. The molecule has 0 fully saturated rings. The molecule has 0 saturated heterocycles. The number of aliphatic carboxylic acids is 1. The number of hydrogen-bond acceptors (Lipinski definition) is 4. The summed E-state index contributed by atoms with van der Waals surface area (Å²) in [6, 6.07) is 1.63. The molecule has 1 aliphatic rings. The van der Waals surface area contributed by atoms with E-state index in [0.717, 1.165) is 5.56 Å². The number of fused-ring (bicyclic) bond motifs is 1. The molecule has 0 spiro atoms. The highest BCUT2D eigenvalue weighted by Gasteiger charge is 2.25. The molecule has 1 aromatic rings. The highest BCUT2D eigenvalue weighted by Crippen LogP contribution is 2.41. The first-order valence-electron chi connectivity index (χ1n) is 5.83. The summed E-state index contributed by atoms with van der Waals surface area (Å²) in [5.74, 6) is -0.558. The van der Waals surface area contributed by atoms with Crippen LogP contribution in [0.25, 0.3) is 0 Å². The second-order valence-corrected chi connectivity index (χ2v) is 5.20. The zero-order valence-corrected chi connectivity index (χ0v) is 11.9. The Hall–Kier alpha value is -1.56. The number of aldehydes is 1. The van der Waals surface area contributed by atoms with E-state index in [1.807, 2.05) is 0 Å². The van der Waals surface area contributed by atoms with Crippen LogP contribution in [-0.2, 0) is 11.2 Å². The van der Waals surface area contributed by atoms with Gasteiger partial charge in [0.25, 0.3) is 0 Å². The van der Waals surface area contributed by atoms with Gasteiger partial charge in [0.1, 0.15) is 13.2 Å². The van der Waals surface area contributed by atoms with Gasteiger partial charge in [0, 0.05) is 10.0 Å². The van der Waals surface area contributed by atoms with E-state index in [2.05, 4.69) is 15.9 Å². The van der Waals surface area contributed by atoms with Crippen LogP contribution in [0.5, 0.6) is 11.5 Å². The maximum atomic E-state index is 11.0. The van der Waals surface area contributed by atoms with Gasteiger partial charge in [-0.15, -0.1) is 0 Å². The minimum absolute atomic E-state index is 0.306. The average molecular weight is 329 g/mol. The maximum absolute atomic E-state index is 11.0. The number of benzene rings is 1. The van der Waals surface area contributed by atoms with E-state index in [9.17, 15) is 9.59 Å². The number of carboxylic acids is 1. The number of rotatable bonds is 4. The van der Waals surface area contributed by atoms with Gasteiger partial charge in [0.15, 0.2) is 17.8 Å². The molecule has 1 aliphatic heterocycles. The molecule has 1 atom stereocenters. The fraction of sp³-hybridized carbons (Fsp3) is 0.385. The molecule has 1 N–H and O–H groups in total. The molecule has 102 valence electrons. The zero-order valence-electron chi connectivity index (χ0n) is 10.3. The lowest BCUT2D eigenvalue weighted by molar-refractivity contribution is -0.141. The molecule has 0 aromatic heterocycles. The Morgan fingerprint density at radius 1 is 1.47 bits per heavy atom. The first-order chi connectivity index (χ1) is 9.04. The summed E-state index contributed by atoms with van der Waals surface area (Å²) >= 11 is 3.36. The van der Waals surface area contributed by atoms with Crippen LogP contribution in [-0.4, -0.2) is 30.6 Å². The van der Waals surface area contributed by atoms with Crippen molar-refractivity contribution in [2.75, 3.05) is 13.2 Å². The van der Waals surface area contributed by atoms with Gasteiger partial charge in [-0.2, -0.15) is 0 Å². The van der Waals surface area contributed by atoms with Crippen LogP contribution in [0.3, 0.4) is 0 Å². The molecule has 1 heterocycles. The summed E-state index contributed by atoms with van der Waals surface area (Å²) in [6.45, 7) is 2.39. The number of ether oxygens (including phenoxy) is 2. The van der Waals surface area contributed by atoms with Crippen molar-refractivity contribution in [1.29, 1.82) is 0 Å². The van der Waals surface area contributed by atoms with Gasteiger partial charge in [0.2, 0.25) is 0 Å². The van der Waals surface area contributed by atoms with Crippen LogP contribution < -0.4 is 9.47 Å². The fourth-order valence-corrected chi connectivity index (χ4v) is 2.51. The molecule has 19 heavy (non-hydrogen) atoms. The minimum Gasteiger partial charge on any atom is -0.486 e. The largest absolute Gasteiger partial charge is 0.486 e. The first-order valence-corrected chi connectivity index (χ1v) is 6.62. The van der Waals surface area contributed by atoms with Gasteiger partial charge in [-0.05, 0) is 12.5 Å². The zero-order chi connectivity index (χ0) is 14.0. The number of hydrogen-bond donors (Lipinski definition) is 1. The van der Waals surface area contributed by atoms with Gasteiger partial charge in [-0.3, -0.25) is 9.59 Å². The Morgan fingerprint density at radius 2 is 2.11 bits per heavy atom. The quantitative estimate of drug-likeness (QED) is 0.858. The van der Waals surface area contributed by atoms with Crippen LogP contribution in [0.2, 0.25) is 0 Å². The third-order valence-electron chi connectivity index (χ3n) is 2.95. The molecule has 5 nitrogen and oxygen atoms in total. The lowest BCUT2D eigenvalue weighted by atomic mass is 9.98. The molecule has 0 amide bonds. The monoisotopic (exact) mass is 328 g/mol. The van der Waals surface area contributed by atoms with Crippen molar-refractivity contribution in [2.45, 2.75) is 13.3 Å². The predicted octanol–water partition coefficient (Wildman–Crippen LogP) is 2.30. The second-order valence-electron chi connectivity index (χ2n) is 4.34. The van der Waals surface area contributed by atoms with Crippen LogP contribution in [0.4, 0.5) is 0 Å². The lowest BCUT2D eigenvalue weighted by Gasteiger charge is -2.24. The van der Waals surface area contributed by atoms with E-state index in [4.69, 9.17) is 14.6 Å². The van der Waals surface area contributed by atoms with E-state index < -0.39 is 11.9 Å². The molecule has 0 aliphatic carbocycles. The molecule has 1 aromatic carbocycles. The van der Waals surface area contributed by atoms with Crippen molar-refractivity contribution in [3.05, 3.63) is 21.7 Å². The van der Waals surface area contributed by atoms with Crippen LogP contribution >= 0.6 is 15.9 Å². The first kappa shape index (κ1) is 13.9. The molecular weight excluding hydrogens is 316 g/mol. The number of carbonyl (C=O) groups excluding carboxylic acids is 1. The minimum atomic E-state index is -0.878. The summed E-state index contributed by atoms with van der Waals surface area (Å²) in [6.07, 6.45) is 1.00. The van der Waals surface area contributed by atoms with Crippen molar-refractivity contribution in [3.8, 4) is 11.5 Å². The van der Waals surface area contributed by atoms with Gasteiger partial charge >= 0.3 is 5.97 Å². The molecule has 0 radical (unpaired) electrons. The topological polar surface area (TPSA) is 72.8 Å². The van der Waals surface area contributed by atoms with Crippen molar-refractivity contribution in [3.63, 3.8) is 0 Å². The van der Waals surface area contributed by atoms with Crippen LogP contribution in [0, 0.1) is 5.92 Å². The summed E-state index contributed by atoms with van der Waals surface area (Å²) < 4.78 is 11.7. The van der Waals surface area contributed by atoms with Crippen molar-refractivity contribution in [2.24, 2.45) is 5.92 Å². The van der Waals surface area contributed by atoms with Gasteiger partial charge < -0.3 is 14.6 Å². The SMILES string of the molecule is CC(Cc1c(Br)cc(C=O)c2c1OCCO2)C(=O)O. The highest BCUT2D eigenvalue weighted by atomic mass is 79.9. The Labute approximate surface area is 118 Å². The number of carbonyl (C=O) groups is 2. The van der Waals surface area contributed by atoms with E-state index in [-0.39, 0.29) is 0 Å². The van der Waals surface area contributed by atoms with Crippen molar-refractivity contribution < 1.29 is 24.2 Å². The third kappa shape index (κ3) is 2.73. The van der Waals surface area contributed by atoms with E-state index in [1.165, 1.54) is 0 Å². The molecule has 6 heteroatoms. The predicted molar refractivity (Wildman–Crippen MR) is 71.0 cm³/mol. The smallest absolute Gasteiger partial charge is 0.306 e. The summed E-state index contributed by atoms with van der Waals surface area (Å²) in [4.78, 5) is 22.0. The van der Waals surface area contributed by atoms with E-state index >= 15 is 0 Å². The molecule has 0 saturated carbocycles. The van der Waals surface area contributed by atoms with E-state index in [1.54, 1.807) is 13.0 Å². The Kier molecular flexibility index (Phi) is 4.09. The third-order valence-corrected chi connectivity index (χ3v) is 3.66. The summed E-state index contributed by atoms with van der Waals surface area (Å²) in [7, 11) is 0. The Bertz CT molecular complexity index is 526. The standard InChI is InChI=1S/C13H13BrO5/c1-7(13(16)17)4-9-10(14)5-8(6-15)11-12(9)19-3-2-18-11/h5-7H,2-4H2,1H3,(H,16,17).